The fourth-order valence-electron chi connectivity index (χ4n) is 2.66. The van der Waals surface area contributed by atoms with Gasteiger partial charge in [0.05, 0.1) is 0 Å². The molecule has 0 radical (unpaired) electrons. The standard InChI is InChI=1S/C12H26N2S/c1-3-14(8-9-15-4-2)12-7-5-6-11(12)10-13/h11-12H,3-10,13H2,1-2H3. The van der Waals surface area contributed by atoms with Crippen molar-refractivity contribution in [3.63, 3.8) is 0 Å². The zero-order valence-electron chi connectivity index (χ0n) is 10.2. The summed E-state index contributed by atoms with van der Waals surface area (Å²) in [6.45, 7) is 7.82. The predicted molar refractivity (Wildman–Crippen MR) is 70.4 cm³/mol. The Hall–Kier alpha value is 0.270. The lowest BCUT2D eigenvalue weighted by atomic mass is 10.0. The summed E-state index contributed by atoms with van der Waals surface area (Å²) in [6.07, 6.45) is 4.09. The summed E-state index contributed by atoms with van der Waals surface area (Å²) in [6, 6.07) is 0.775. The van der Waals surface area contributed by atoms with Gasteiger partial charge in [-0.2, -0.15) is 11.8 Å². The molecule has 0 spiro atoms. The molecule has 1 aliphatic rings. The highest BCUT2D eigenvalue weighted by molar-refractivity contribution is 7.99. The van der Waals surface area contributed by atoms with Crippen molar-refractivity contribution < 1.29 is 0 Å². The van der Waals surface area contributed by atoms with Crippen molar-refractivity contribution in [1.29, 1.82) is 0 Å². The molecular weight excluding hydrogens is 204 g/mol. The molecule has 2 N–H and O–H groups in total. The zero-order chi connectivity index (χ0) is 11.1. The lowest BCUT2D eigenvalue weighted by molar-refractivity contribution is 0.181. The second-order valence-corrected chi connectivity index (χ2v) is 5.71. The van der Waals surface area contributed by atoms with Crippen molar-refractivity contribution in [1.82, 2.24) is 4.90 Å². The number of rotatable bonds is 7. The highest BCUT2D eigenvalue weighted by Crippen LogP contribution is 2.29. The normalized spacial score (nSPS) is 26.4. The van der Waals surface area contributed by atoms with Gasteiger partial charge in [0.2, 0.25) is 0 Å². The van der Waals surface area contributed by atoms with Crippen LogP contribution in [0.1, 0.15) is 33.1 Å². The molecule has 1 saturated carbocycles. The Labute approximate surface area is 99.0 Å². The van der Waals surface area contributed by atoms with E-state index in [9.17, 15) is 0 Å². The quantitative estimate of drug-likeness (QED) is 0.680. The molecule has 0 aromatic rings. The molecule has 1 fully saturated rings. The largest absolute Gasteiger partial charge is 0.330 e. The number of nitrogens with two attached hydrogens (primary N) is 1. The summed E-state index contributed by atoms with van der Waals surface area (Å²) in [5.41, 5.74) is 5.84. The van der Waals surface area contributed by atoms with Crippen molar-refractivity contribution in [3.8, 4) is 0 Å². The zero-order valence-corrected chi connectivity index (χ0v) is 11.1. The van der Waals surface area contributed by atoms with Crippen LogP contribution in [0, 0.1) is 5.92 Å². The fourth-order valence-corrected chi connectivity index (χ4v) is 3.31. The molecule has 0 aromatic heterocycles. The molecule has 1 aliphatic carbocycles. The van der Waals surface area contributed by atoms with Gasteiger partial charge in [0.25, 0.3) is 0 Å². The van der Waals surface area contributed by atoms with Crippen molar-refractivity contribution in [3.05, 3.63) is 0 Å². The van der Waals surface area contributed by atoms with E-state index in [0.29, 0.717) is 0 Å². The van der Waals surface area contributed by atoms with Crippen LogP contribution in [0.15, 0.2) is 0 Å². The highest BCUT2D eigenvalue weighted by atomic mass is 32.2. The third-order valence-electron chi connectivity index (χ3n) is 3.52. The van der Waals surface area contributed by atoms with Gasteiger partial charge >= 0.3 is 0 Å². The van der Waals surface area contributed by atoms with Crippen LogP contribution >= 0.6 is 11.8 Å². The average molecular weight is 230 g/mol. The van der Waals surface area contributed by atoms with Crippen LogP contribution in [0.2, 0.25) is 0 Å². The fraction of sp³-hybridized carbons (Fsp3) is 1.00. The summed E-state index contributed by atoms with van der Waals surface area (Å²) in [5.74, 6) is 3.28. The van der Waals surface area contributed by atoms with E-state index in [4.69, 9.17) is 5.73 Å². The SMILES string of the molecule is CCSCCN(CC)C1CCCC1CN. The van der Waals surface area contributed by atoms with Gasteiger partial charge in [-0.15, -0.1) is 0 Å². The minimum atomic E-state index is 0.761. The van der Waals surface area contributed by atoms with E-state index in [1.54, 1.807) is 0 Å². The third-order valence-corrected chi connectivity index (χ3v) is 4.40. The van der Waals surface area contributed by atoms with Gasteiger partial charge < -0.3 is 5.73 Å². The van der Waals surface area contributed by atoms with E-state index in [0.717, 1.165) is 18.5 Å². The molecular formula is C12H26N2S. The molecule has 0 bridgehead atoms. The number of nitrogens with zero attached hydrogens (tertiary/aromatic N) is 1. The predicted octanol–water partition coefficient (Wildman–Crippen LogP) is 2.19. The minimum Gasteiger partial charge on any atom is -0.330 e. The maximum atomic E-state index is 5.84. The van der Waals surface area contributed by atoms with Crippen LogP contribution in [-0.4, -0.2) is 42.1 Å². The van der Waals surface area contributed by atoms with Crippen LogP contribution < -0.4 is 5.73 Å². The van der Waals surface area contributed by atoms with E-state index < -0.39 is 0 Å². The van der Waals surface area contributed by atoms with E-state index in [1.807, 2.05) is 11.8 Å². The minimum absolute atomic E-state index is 0.761. The number of hydrogen-bond acceptors (Lipinski definition) is 3. The Kier molecular flexibility index (Phi) is 6.69. The Bertz CT molecular complexity index is 164. The highest BCUT2D eigenvalue weighted by Gasteiger charge is 2.29. The van der Waals surface area contributed by atoms with E-state index in [-0.39, 0.29) is 0 Å². The lowest BCUT2D eigenvalue weighted by Crippen LogP contribution is -2.41. The molecule has 2 atom stereocenters. The number of thioether (sulfide) groups is 1. The van der Waals surface area contributed by atoms with Crippen molar-refractivity contribution >= 4 is 11.8 Å². The van der Waals surface area contributed by atoms with Gasteiger partial charge in [-0.1, -0.05) is 20.3 Å². The Morgan fingerprint density at radius 3 is 2.73 bits per heavy atom. The first-order valence-corrected chi connectivity index (χ1v) is 7.50. The smallest absolute Gasteiger partial charge is 0.0136 e. The topological polar surface area (TPSA) is 29.3 Å². The van der Waals surface area contributed by atoms with Gasteiger partial charge in [0.15, 0.2) is 0 Å². The Morgan fingerprint density at radius 1 is 1.33 bits per heavy atom. The monoisotopic (exact) mass is 230 g/mol. The molecule has 0 aliphatic heterocycles. The summed E-state index contributed by atoms with van der Waals surface area (Å²) >= 11 is 2.05. The molecule has 0 saturated heterocycles. The maximum Gasteiger partial charge on any atom is 0.0136 e. The maximum absolute atomic E-state index is 5.84. The molecule has 15 heavy (non-hydrogen) atoms. The first-order valence-electron chi connectivity index (χ1n) is 6.35. The van der Waals surface area contributed by atoms with Crippen molar-refractivity contribution in [2.75, 3.05) is 31.1 Å². The van der Waals surface area contributed by atoms with Crippen LogP contribution in [-0.2, 0) is 0 Å². The number of hydrogen-bond donors (Lipinski definition) is 1. The summed E-state index contributed by atoms with van der Waals surface area (Å²) in [5, 5.41) is 0. The summed E-state index contributed by atoms with van der Waals surface area (Å²) in [7, 11) is 0. The molecule has 0 amide bonds. The molecule has 1 rings (SSSR count). The van der Waals surface area contributed by atoms with E-state index in [2.05, 4.69) is 18.7 Å². The third kappa shape index (κ3) is 3.97. The van der Waals surface area contributed by atoms with Gasteiger partial charge in [-0.3, -0.25) is 4.90 Å². The average Bonchev–Trinajstić information content (AvgIpc) is 2.72. The van der Waals surface area contributed by atoms with Gasteiger partial charge in [-0.05, 0) is 37.6 Å². The molecule has 2 nitrogen and oxygen atoms in total. The lowest BCUT2D eigenvalue weighted by Gasteiger charge is -2.31. The van der Waals surface area contributed by atoms with Crippen molar-refractivity contribution in [2.45, 2.75) is 39.2 Å². The second kappa shape index (κ2) is 7.53. The second-order valence-electron chi connectivity index (χ2n) is 4.32. The summed E-state index contributed by atoms with van der Waals surface area (Å²) in [4.78, 5) is 2.65. The first-order chi connectivity index (χ1) is 7.33. The van der Waals surface area contributed by atoms with Gasteiger partial charge in [0, 0.05) is 18.3 Å². The van der Waals surface area contributed by atoms with Gasteiger partial charge in [-0.25, -0.2) is 0 Å². The van der Waals surface area contributed by atoms with Crippen LogP contribution in [0.3, 0.4) is 0 Å². The van der Waals surface area contributed by atoms with Crippen LogP contribution in [0.5, 0.6) is 0 Å². The van der Waals surface area contributed by atoms with Crippen molar-refractivity contribution in [2.24, 2.45) is 11.7 Å². The van der Waals surface area contributed by atoms with E-state index >= 15 is 0 Å². The van der Waals surface area contributed by atoms with Crippen LogP contribution in [0.25, 0.3) is 0 Å². The Balaban J connectivity index is 2.35. The summed E-state index contributed by atoms with van der Waals surface area (Å²) < 4.78 is 0. The molecule has 90 valence electrons. The van der Waals surface area contributed by atoms with Gasteiger partial charge in [0.1, 0.15) is 0 Å². The first kappa shape index (κ1) is 13.3. The van der Waals surface area contributed by atoms with Crippen LogP contribution in [0.4, 0.5) is 0 Å². The molecule has 0 aromatic carbocycles. The molecule has 2 unspecified atom stereocenters. The molecule has 0 heterocycles. The van der Waals surface area contributed by atoms with E-state index in [1.165, 1.54) is 43.9 Å². The molecule has 3 heteroatoms. The Morgan fingerprint density at radius 2 is 2.13 bits per heavy atom.